The van der Waals surface area contributed by atoms with E-state index in [2.05, 4.69) is 9.97 Å². The van der Waals surface area contributed by atoms with Crippen molar-refractivity contribution in [2.24, 2.45) is 0 Å². The molecule has 10 heteroatoms. The second-order valence-corrected chi connectivity index (χ2v) is 8.12. The molecule has 0 amide bonds. The van der Waals surface area contributed by atoms with Gasteiger partial charge in [0, 0.05) is 18.2 Å². The predicted molar refractivity (Wildman–Crippen MR) is 109 cm³/mol. The lowest BCUT2D eigenvalue weighted by atomic mass is 10.2. The highest BCUT2D eigenvalue weighted by Crippen LogP contribution is 2.33. The van der Waals surface area contributed by atoms with Crippen LogP contribution in [0.1, 0.15) is 11.4 Å². The summed E-state index contributed by atoms with van der Waals surface area (Å²) in [7, 11) is -3.25. The van der Waals surface area contributed by atoms with E-state index in [4.69, 9.17) is 8.83 Å². The molecule has 4 aromatic rings. The third-order valence-corrected chi connectivity index (χ3v) is 5.97. The van der Waals surface area contributed by atoms with E-state index in [1.54, 1.807) is 66.7 Å². The zero-order chi connectivity index (χ0) is 22.0. The van der Waals surface area contributed by atoms with E-state index in [-0.39, 0.29) is 23.4 Å². The molecule has 0 bridgehead atoms. The average molecular weight is 431 g/mol. The number of benzene rings is 2. The maximum Gasteiger partial charge on any atom is 0.303 e. The molecule has 0 aliphatic heterocycles. The van der Waals surface area contributed by atoms with Gasteiger partial charge in [0.1, 0.15) is 12.1 Å². The Balaban J connectivity index is 1.79. The van der Waals surface area contributed by atoms with Crippen LogP contribution in [0.25, 0.3) is 22.9 Å². The van der Waals surface area contributed by atoms with E-state index in [1.807, 2.05) is 6.07 Å². The summed E-state index contributed by atoms with van der Waals surface area (Å²) in [6.07, 6.45) is 0. The van der Waals surface area contributed by atoms with Crippen molar-refractivity contribution in [3.05, 3.63) is 72.1 Å². The Morgan fingerprint density at radius 3 is 1.81 bits per heavy atom. The first-order chi connectivity index (χ1) is 15.0. The van der Waals surface area contributed by atoms with Crippen molar-refractivity contribution in [3.8, 4) is 35.0 Å². The molecule has 2 aromatic heterocycles. The first-order valence-electron chi connectivity index (χ1n) is 8.87. The van der Waals surface area contributed by atoms with Gasteiger partial charge in [0.2, 0.25) is 29.1 Å². The first-order valence-corrected chi connectivity index (χ1v) is 10.3. The Morgan fingerprint density at radius 2 is 1.29 bits per heavy atom. The topological polar surface area (TPSA) is 137 Å². The van der Waals surface area contributed by atoms with E-state index >= 15 is 0 Å². The minimum Gasteiger partial charge on any atom is -0.421 e. The summed E-state index contributed by atoms with van der Waals surface area (Å²) >= 11 is 0. The number of oxazole rings is 2. The van der Waals surface area contributed by atoms with E-state index in [0.717, 1.165) is 0 Å². The Labute approximate surface area is 177 Å². The van der Waals surface area contributed by atoms with Crippen molar-refractivity contribution in [1.29, 1.82) is 10.5 Å². The van der Waals surface area contributed by atoms with Crippen LogP contribution in [0.5, 0.6) is 0 Å². The summed E-state index contributed by atoms with van der Waals surface area (Å²) < 4.78 is 38.2. The van der Waals surface area contributed by atoms with Crippen molar-refractivity contribution in [1.82, 2.24) is 9.97 Å². The fraction of sp³-hybridized carbons (Fsp3) is 0.0476. The van der Waals surface area contributed by atoms with E-state index in [9.17, 15) is 18.9 Å². The van der Waals surface area contributed by atoms with Gasteiger partial charge < -0.3 is 8.83 Å². The summed E-state index contributed by atoms with van der Waals surface area (Å²) in [4.78, 5) is 8.07. The molecule has 0 aliphatic rings. The summed E-state index contributed by atoms with van der Waals surface area (Å²) in [6.45, 7) is 0. The molecule has 9 nitrogen and oxygen atoms in total. The van der Waals surface area contributed by atoms with Crippen LogP contribution in [0.2, 0.25) is 0 Å². The molecule has 0 fully saturated rings. The third-order valence-electron chi connectivity index (χ3n) is 4.34. The van der Waals surface area contributed by atoms with Gasteiger partial charge in [-0.1, -0.05) is 36.4 Å². The Kier molecular flexibility index (Phi) is 4.99. The predicted octanol–water partition coefficient (Wildman–Crippen LogP) is 3.57. The normalized spacial score (nSPS) is 10.9. The zero-order valence-corrected chi connectivity index (χ0v) is 16.9. The molecule has 4 rings (SSSR count). The van der Waals surface area contributed by atoms with Crippen molar-refractivity contribution < 1.29 is 17.3 Å². The fourth-order valence-corrected chi connectivity index (χ4v) is 3.90. The summed E-state index contributed by atoms with van der Waals surface area (Å²) in [5.74, 6) is -0.243. The highest BCUT2D eigenvalue weighted by molar-refractivity contribution is 7.92. The van der Waals surface area contributed by atoms with Crippen LogP contribution in [0.15, 0.2) is 74.6 Å². The quantitative estimate of drug-likeness (QED) is 0.468. The summed E-state index contributed by atoms with van der Waals surface area (Å²) in [5.41, 5.74) is 0.435. The monoisotopic (exact) mass is 431 g/mol. The van der Waals surface area contributed by atoms with Gasteiger partial charge in [0.05, 0.1) is 0 Å². The fourth-order valence-electron chi connectivity index (χ4n) is 2.79. The van der Waals surface area contributed by atoms with Gasteiger partial charge in [-0.3, -0.25) is 0 Å². The number of nitriles is 2. The van der Waals surface area contributed by atoms with E-state index < -0.39 is 20.8 Å². The maximum absolute atomic E-state index is 13.2. The number of sulfonamides is 1. The highest BCUT2D eigenvalue weighted by Gasteiger charge is 2.35. The molecule has 2 aromatic carbocycles. The molecule has 0 radical (unpaired) electrons. The molecule has 0 saturated carbocycles. The molecular formula is C21H13N5O4S. The maximum atomic E-state index is 13.2. The highest BCUT2D eigenvalue weighted by atomic mass is 32.2. The molecule has 0 saturated heterocycles. The van der Waals surface area contributed by atoms with Crippen LogP contribution >= 0.6 is 0 Å². The standard InChI is InChI=1S/C21H13N5O4S/c1-26(20-16(12-22)24-18(29-20)14-8-4-2-5-9-14)31(27,28)21-17(13-23)25-19(30-21)15-10-6-3-7-11-15/h2-11H,1H3. The van der Waals surface area contributed by atoms with Crippen molar-refractivity contribution in [3.63, 3.8) is 0 Å². The molecule has 152 valence electrons. The average Bonchev–Trinajstić information content (AvgIpc) is 3.44. The largest absolute Gasteiger partial charge is 0.421 e. The van der Waals surface area contributed by atoms with Crippen molar-refractivity contribution in [2.45, 2.75) is 5.09 Å². The number of anilines is 1. The zero-order valence-electron chi connectivity index (χ0n) is 16.1. The first kappa shape index (κ1) is 19.9. The minimum absolute atomic E-state index is 0.0211. The lowest BCUT2D eigenvalue weighted by Crippen LogP contribution is -2.27. The minimum atomic E-state index is -4.43. The molecule has 31 heavy (non-hydrogen) atoms. The van der Waals surface area contributed by atoms with Crippen molar-refractivity contribution in [2.75, 3.05) is 11.4 Å². The molecule has 0 aliphatic carbocycles. The number of rotatable bonds is 5. The summed E-state index contributed by atoms with van der Waals surface area (Å²) in [5, 5.41) is 18.2. The summed E-state index contributed by atoms with van der Waals surface area (Å²) in [6, 6.07) is 20.9. The van der Waals surface area contributed by atoms with Gasteiger partial charge >= 0.3 is 10.0 Å². The van der Waals surface area contributed by atoms with Crippen LogP contribution in [0.3, 0.4) is 0 Å². The van der Waals surface area contributed by atoms with Crippen LogP contribution < -0.4 is 4.31 Å². The molecule has 0 spiro atoms. The van der Waals surface area contributed by atoms with Crippen LogP contribution in [0.4, 0.5) is 5.88 Å². The Morgan fingerprint density at radius 1 is 0.806 bits per heavy atom. The number of nitrogens with zero attached hydrogens (tertiary/aromatic N) is 5. The molecule has 0 N–H and O–H groups in total. The van der Waals surface area contributed by atoms with Crippen molar-refractivity contribution >= 4 is 15.9 Å². The Bertz CT molecular complexity index is 1430. The van der Waals surface area contributed by atoms with Crippen LogP contribution in [-0.2, 0) is 10.0 Å². The molecular weight excluding hydrogens is 418 g/mol. The SMILES string of the molecule is CN(c1oc(-c2ccccc2)nc1C#N)S(=O)(=O)c1oc(-c2ccccc2)nc1C#N. The Hall–Kier alpha value is -4.41. The number of aromatic nitrogens is 2. The lowest BCUT2D eigenvalue weighted by Gasteiger charge is -2.14. The molecule has 2 heterocycles. The number of hydrogen-bond donors (Lipinski definition) is 0. The van der Waals surface area contributed by atoms with E-state index in [1.165, 1.54) is 7.05 Å². The molecule has 0 unspecified atom stereocenters. The van der Waals surface area contributed by atoms with Crippen LogP contribution in [-0.4, -0.2) is 25.4 Å². The van der Waals surface area contributed by atoms with Gasteiger partial charge in [-0.2, -0.15) is 28.9 Å². The van der Waals surface area contributed by atoms with Gasteiger partial charge in [-0.05, 0) is 24.3 Å². The van der Waals surface area contributed by atoms with Gasteiger partial charge in [-0.15, -0.1) is 0 Å². The van der Waals surface area contributed by atoms with E-state index in [0.29, 0.717) is 15.4 Å². The second-order valence-electron chi connectivity index (χ2n) is 6.26. The molecule has 0 atom stereocenters. The smallest absolute Gasteiger partial charge is 0.303 e. The lowest BCUT2D eigenvalue weighted by molar-refractivity contribution is 0.455. The van der Waals surface area contributed by atoms with Gasteiger partial charge in [-0.25, -0.2) is 4.31 Å². The van der Waals surface area contributed by atoms with Gasteiger partial charge in [0.25, 0.3) is 5.09 Å². The van der Waals surface area contributed by atoms with Gasteiger partial charge in [0.15, 0.2) is 0 Å². The second kappa shape index (κ2) is 7.78. The van der Waals surface area contributed by atoms with Crippen LogP contribution in [0, 0.1) is 22.7 Å². The number of hydrogen-bond acceptors (Lipinski definition) is 8. The third kappa shape index (κ3) is 3.52.